The van der Waals surface area contributed by atoms with Gasteiger partial charge < -0.3 is 9.32 Å². The molecule has 3 heteroatoms. The zero-order valence-corrected chi connectivity index (χ0v) is 27.3. The average molecular weight is 644 g/mol. The minimum Gasteiger partial charge on any atom is -0.456 e. The maximum absolute atomic E-state index is 6.22. The van der Waals surface area contributed by atoms with Crippen molar-refractivity contribution >= 4 is 81.3 Å². The molecule has 0 atom stereocenters. The van der Waals surface area contributed by atoms with E-state index in [0.717, 1.165) is 39.0 Å². The molecule has 2 aromatic heterocycles. The zero-order chi connectivity index (χ0) is 32.3. The van der Waals surface area contributed by atoms with E-state index in [1.807, 2.05) is 23.5 Å². The lowest BCUT2D eigenvalue weighted by molar-refractivity contribution is 0.669. The predicted octanol–water partition coefficient (Wildman–Crippen LogP) is 13.9. The first-order valence-corrected chi connectivity index (χ1v) is 17.4. The summed E-state index contributed by atoms with van der Waals surface area (Å²) in [6.45, 7) is 0. The van der Waals surface area contributed by atoms with Gasteiger partial charge in [-0.2, -0.15) is 0 Å². The molecule has 0 saturated carbocycles. The number of furan rings is 1. The first-order chi connectivity index (χ1) is 24.3. The summed E-state index contributed by atoms with van der Waals surface area (Å²) in [5.74, 6) is 0. The van der Waals surface area contributed by atoms with Gasteiger partial charge in [0.05, 0.1) is 10.4 Å². The number of hydrogen-bond acceptors (Lipinski definition) is 3. The largest absolute Gasteiger partial charge is 0.456 e. The van der Waals surface area contributed by atoms with Crippen molar-refractivity contribution in [1.82, 2.24) is 0 Å². The van der Waals surface area contributed by atoms with Gasteiger partial charge in [-0.25, -0.2) is 0 Å². The number of nitrogens with zero attached hydrogens (tertiary/aromatic N) is 1. The zero-order valence-electron chi connectivity index (χ0n) is 26.5. The molecule has 0 bridgehead atoms. The van der Waals surface area contributed by atoms with Crippen molar-refractivity contribution in [1.29, 1.82) is 0 Å². The highest BCUT2D eigenvalue weighted by atomic mass is 32.1. The van der Waals surface area contributed by atoms with Crippen LogP contribution in [0.5, 0.6) is 0 Å². The van der Waals surface area contributed by atoms with E-state index in [2.05, 4.69) is 169 Å². The predicted molar refractivity (Wildman–Crippen MR) is 210 cm³/mol. The van der Waals surface area contributed by atoms with Crippen LogP contribution in [-0.4, -0.2) is 0 Å². The summed E-state index contributed by atoms with van der Waals surface area (Å²) >= 11 is 1.85. The van der Waals surface area contributed by atoms with E-state index in [0.29, 0.717) is 0 Å². The Hall–Kier alpha value is -6.16. The van der Waals surface area contributed by atoms with Gasteiger partial charge in [-0.3, -0.25) is 0 Å². The highest BCUT2D eigenvalue weighted by molar-refractivity contribution is 7.26. The van der Waals surface area contributed by atoms with Crippen LogP contribution in [0.4, 0.5) is 17.1 Å². The molecule has 0 spiro atoms. The first-order valence-electron chi connectivity index (χ1n) is 16.6. The third-order valence-corrected chi connectivity index (χ3v) is 10.9. The first kappa shape index (κ1) is 27.9. The lowest BCUT2D eigenvalue weighted by atomic mass is 9.95. The summed E-state index contributed by atoms with van der Waals surface area (Å²) in [4.78, 5) is 2.40. The number of thiophene rings is 1. The van der Waals surface area contributed by atoms with Crippen molar-refractivity contribution < 1.29 is 4.42 Å². The van der Waals surface area contributed by atoms with Crippen LogP contribution >= 0.6 is 11.3 Å². The molecule has 0 amide bonds. The highest BCUT2D eigenvalue weighted by Gasteiger charge is 2.19. The Kier molecular flexibility index (Phi) is 6.39. The van der Waals surface area contributed by atoms with Crippen LogP contribution in [0.25, 0.3) is 75.1 Å². The molecule has 49 heavy (non-hydrogen) atoms. The quantitative estimate of drug-likeness (QED) is 0.186. The van der Waals surface area contributed by atoms with Crippen molar-refractivity contribution in [2.45, 2.75) is 0 Å². The van der Waals surface area contributed by atoms with Gasteiger partial charge in [-0.05, 0) is 87.6 Å². The molecule has 2 heterocycles. The van der Waals surface area contributed by atoms with E-state index >= 15 is 0 Å². The van der Waals surface area contributed by atoms with Gasteiger partial charge in [-0.1, -0.05) is 121 Å². The summed E-state index contributed by atoms with van der Waals surface area (Å²) in [6, 6.07) is 63.3. The van der Waals surface area contributed by atoms with E-state index < -0.39 is 0 Å². The second-order valence-corrected chi connectivity index (χ2v) is 13.6. The second-order valence-electron chi connectivity index (χ2n) is 12.5. The van der Waals surface area contributed by atoms with Crippen LogP contribution in [0.1, 0.15) is 0 Å². The molecule has 0 radical (unpaired) electrons. The van der Waals surface area contributed by atoms with E-state index in [9.17, 15) is 0 Å². The van der Waals surface area contributed by atoms with Crippen LogP contribution in [0, 0.1) is 0 Å². The molecule has 0 aliphatic rings. The fraction of sp³-hybridized carbons (Fsp3) is 0. The van der Waals surface area contributed by atoms with Gasteiger partial charge in [0, 0.05) is 37.6 Å². The van der Waals surface area contributed by atoms with E-state index in [1.165, 1.54) is 53.2 Å². The molecule has 0 N–H and O–H groups in total. The van der Waals surface area contributed by atoms with Gasteiger partial charge in [0.1, 0.15) is 11.2 Å². The number of anilines is 3. The SMILES string of the molecule is c1ccc(-c2cccc3cc(-c4ccc(N(c5ccc6oc7ccccc7c6c5)c5cccc6c5sc5ccccc56)cc4)ccc23)cc1. The maximum atomic E-state index is 6.22. The third-order valence-electron chi connectivity index (χ3n) is 9.67. The van der Waals surface area contributed by atoms with Crippen LogP contribution in [-0.2, 0) is 0 Å². The number of para-hydroxylation sites is 1. The van der Waals surface area contributed by atoms with Gasteiger partial charge in [0.25, 0.3) is 0 Å². The van der Waals surface area contributed by atoms with Crippen molar-refractivity contribution in [2.24, 2.45) is 0 Å². The summed E-state index contributed by atoms with van der Waals surface area (Å²) < 4.78 is 8.79. The molecule has 10 rings (SSSR count). The van der Waals surface area contributed by atoms with Gasteiger partial charge in [-0.15, -0.1) is 11.3 Å². The molecule has 0 aliphatic carbocycles. The summed E-state index contributed by atoms with van der Waals surface area (Å²) in [5, 5.41) is 7.31. The van der Waals surface area contributed by atoms with Crippen molar-refractivity contribution in [3.05, 3.63) is 176 Å². The van der Waals surface area contributed by atoms with Crippen LogP contribution in [0.15, 0.2) is 180 Å². The monoisotopic (exact) mass is 643 g/mol. The van der Waals surface area contributed by atoms with E-state index in [-0.39, 0.29) is 0 Å². The minimum absolute atomic E-state index is 0.895. The lowest BCUT2D eigenvalue weighted by Gasteiger charge is -2.26. The topological polar surface area (TPSA) is 16.4 Å². The molecule has 230 valence electrons. The fourth-order valence-electron chi connectivity index (χ4n) is 7.32. The van der Waals surface area contributed by atoms with Crippen LogP contribution in [0.2, 0.25) is 0 Å². The second kappa shape index (κ2) is 11.2. The Bertz CT molecular complexity index is 2830. The standard InChI is InChI=1S/C46H29NOS/c1-2-10-31(11-3-1)36-15-8-12-33-28-32(22-26-37(33)36)30-20-23-34(24-21-30)47(35-25-27-44-41(29-35)38-13-4-6-18-43(38)48-44)42-17-9-16-40-39-14-5-7-19-45(39)49-46(40)42/h1-29H. The van der Waals surface area contributed by atoms with Crippen LogP contribution in [0.3, 0.4) is 0 Å². The molecule has 0 aliphatic heterocycles. The lowest BCUT2D eigenvalue weighted by Crippen LogP contribution is -2.10. The van der Waals surface area contributed by atoms with Crippen molar-refractivity contribution in [3.63, 3.8) is 0 Å². The summed E-state index contributed by atoms with van der Waals surface area (Å²) in [7, 11) is 0. The molecule has 0 saturated heterocycles. The van der Waals surface area contributed by atoms with E-state index in [1.54, 1.807) is 0 Å². The number of hydrogen-bond donors (Lipinski definition) is 0. The molecular weight excluding hydrogens is 615 g/mol. The van der Waals surface area contributed by atoms with Gasteiger partial charge >= 0.3 is 0 Å². The summed E-state index contributed by atoms with van der Waals surface area (Å²) in [6.07, 6.45) is 0. The molecule has 10 aromatic rings. The normalized spacial score (nSPS) is 11.7. The Morgan fingerprint density at radius 2 is 1.12 bits per heavy atom. The van der Waals surface area contributed by atoms with Crippen molar-refractivity contribution in [3.8, 4) is 22.3 Å². The molecule has 0 fully saturated rings. The molecular formula is C46H29NOS. The summed E-state index contributed by atoms with van der Waals surface area (Å²) in [5.41, 5.74) is 10.0. The maximum Gasteiger partial charge on any atom is 0.135 e. The van der Waals surface area contributed by atoms with Crippen molar-refractivity contribution in [2.75, 3.05) is 4.90 Å². The molecule has 0 unspecified atom stereocenters. The highest BCUT2D eigenvalue weighted by Crippen LogP contribution is 2.46. The number of fused-ring (bicyclic) bond motifs is 7. The van der Waals surface area contributed by atoms with Crippen LogP contribution < -0.4 is 4.90 Å². The Morgan fingerprint density at radius 1 is 0.408 bits per heavy atom. The minimum atomic E-state index is 0.895. The average Bonchev–Trinajstić information content (AvgIpc) is 3.74. The Balaban J connectivity index is 1.12. The number of rotatable bonds is 5. The Labute approximate surface area is 287 Å². The van der Waals surface area contributed by atoms with Gasteiger partial charge in [0.2, 0.25) is 0 Å². The Morgan fingerprint density at radius 3 is 2.02 bits per heavy atom. The number of benzene rings is 8. The molecule has 2 nitrogen and oxygen atoms in total. The van der Waals surface area contributed by atoms with E-state index in [4.69, 9.17) is 4.42 Å². The van der Waals surface area contributed by atoms with Gasteiger partial charge in [0.15, 0.2) is 0 Å². The molecule has 8 aromatic carbocycles. The third kappa shape index (κ3) is 4.62. The smallest absolute Gasteiger partial charge is 0.135 e. The fourth-order valence-corrected chi connectivity index (χ4v) is 8.53.